The number of aryl methyl sites for hydroxylation is 1. The number of aromatic nitrogens is 3. The summed E-state index contributed by atoms with van der Waals surface area (Å²) in [5.74, 6) is 0.364. The average molecular weight is 249 g/mol. The van der Waals surface area contributed by atoms with Crippen LogP contribution in [0.2, 0.25) is 0 Å². The van der Waals surface area contributed by atoms with Crippen molar-refractivity contribution in [1.29, 1.82) is 0 Å². The van der Waals surface area contributed by atoms with Crippen LogP contribution in [0.5, 0.6) is 0 Å². The van der Waals surface area contributed by atoms with Gasteiger partial charge in [-0.05, 0) is 36.8 Å². The van der Waals surface area contributed by atoms with E-state index in [0.29, 0.717) is 10.7 Å². The smallest absolute Gasteiger partial charge is 0.225 e. The number of hydrogen-bond acceptors (Lipinski definition) is 4. The molecule has 1 aromatic carbocycles. The molecular formula is C11H15N5S. The molecule has 0 amide bonds. The summed E-state index contributed by atoms with van der Waals surface area (Å²) in [6.45, 7) is 2.07. The molecule has 5 nitrogen and oxygen atoms in total. The Labute approximate surface area is 105 Å². The maximum absolute atomic E-state index is 5.78. The molecule has 0 atom stereocenters. The molecule has 0 spiro atoms. The second-order valence-electron chi connectivity index (χ2n) is 4.09. The van der Waals surface area contributed by atoms with E-state index >= 15 is 0 Å². The van der Waals surface area contributed by atoms with Crippen molar-refractivity contribution in [2.24, 2.45) is 0 Å². The van der Waals surface area contributed by atoms with Gasteiger partial charge in [-0.2, -0.15) is 0 Å². The third-order valence-corrected chi connectivity index (χ3v) is 2.90. The van der Waals surface area contributed by atoms with E-state index in [2.05, 4.69) is 22.0 Å². The lowest BCUT2D eigenvalue weighted by atomic mass is 10.1. The Morgan fingerprint density at radius 2 is 2.12 bits per heavy atom. The molecule has 0 radical (unpaired) electrons. The minimum atomic E-state index is 0.364. The fourth-order valence-electron chi connectivity index (χ4n) is 1.78. The van der Waals surface area contributed by atoms with Crippen molar-refractivity contribution in [2.75, 3.05) is 24.7 Å². The highest BCUT2D eigenvalue weighted by molar-refractivity contribution is 7.71. The lowest BCUT2D eigenvalue weighted by molar-refractivity contribution is 1.03. The predicted molar refractivity (Wildman–Crippen MR) is 72.2 cm³/mol. The molecule has 0 saturated heterocycles. The quantitative estimate of drug-likeness (QED) is 0.798. The van der Waals surface area contributed by atoms with Crippen molar-refractivity contribution in [3.63, 3.8) is 0 Å². The van der Waals surface area contributed by atoms with E-state index in [0.717, 1.165) is 11.4 Å². The van der Waals surface area contributed by atoms with Gasteiger partial charge in [0.15, 0.2) is 0 Å². The summed E-state index contributed by atoms with van der Waals surface area (Å²) in [4.78, 5) is 2.05. The van der Waals surface area contributed by atoms with E-state index in [4.69, 9.17) is 18.0 Å². The van der Waals surface area contributed by atoms with Crippen LogP contribution in [-0.4, -0.2) is 28.9 Å². The van der Waals surface area contributed by atoms with Gasteiger partial charge in [-0.25, -0.2) is 5.10 Å². The van der Waals surface area contributed by atoms with E-state index in [1.54, 1.807) is 4.57 Å². The summed E-state index contributed by atoms with van der Waals surface area (Å²) in [7, 11) is 4.01. The van der Waals surface area contributed by atoms with Gasteiger partial charge in [0.2, 0.25) is 10.7 Å². The van der Waals surface area contributed by atoms with Crippen molar-refractivity contribution in [3.8, 4) is 5.69 Å². The molecule has 0 fully saturated rings. The first-order valence-corrected chi connectivity index (χ1v) is 5.63. The summed E-state index contributed by atoms with van der Waals surface area (Å²) < 4.78 is 2.21. The summed E-state index contributed by atoms with van der Waals surface area (Å²) in [6.07, 6.45) is 0. The molecule has 3 N–H and O–H groups in total. The summed E-state index contributed by atoms with van der Waals surface area (Å²) in [5.41, 5.74) is 9.02. The molecule has 2 rings (SSSR count). The van der Waals surface area contributed by atoms with E-state index in [1.165, 1.54) is 5.56 Å². The Bertz CT molecular complexity index is 596. The highest BCUT2D eigenvalue weighted by atomic mass is 32.1. The lowest BCUT2D eigenvalue weighted by Gasteiger charge is -2.17. The van der Waals surface area contributed by atoms with Gasteiger partial charge < -0.3 is 10.6 Å². The number of benzene rings is 1. The van der Waals surface area contributed by atoms with Gasteiger partial charge in [0, 0.05) is 19.8 Å². The van der Waals surface area contributed by atoms with E-state index in [-0.39, 0.29) is 0 Å². The molecule has 0 bridgehead atoms. The second-order valence-corrected chi connectivity index (χ2v) is 4.47. The zero-order valence-corrected chi connectivity index (χ0v) is 10.9. The number of nitrogen functional groups attached to an aromatic ring is 1. The Hall–Kier alpha value is -1.82. The first kappa shape index (κ1) is 11.7. The standard InChI is InChI=1S/C11H15N5S/c1-7-4-5-8(6-9(7)15(2)3)16-10(12)13-14-11(16)17/h4-6H,1-3H3,(H2,12,13)(H,14,17). The number of nitrogens with two attached hydrogens (primary N) is 1. The first-order valence-electron chi connectivity index (χ1n) is 5.22. The molecule has 1 heterocycles. The van der Waals surface area contributed by atoms with Crippen LogP contribution in [0.3, 0.4) is 0 Å². The highest BCUT2D eigenvalue weighted by Crippen LogP contribution is 2.23. The molecule has 90 valence electrons. The van der Waals surface area contributed by atoms with E-state index < -0.39 is 0 Å². The van der Waals surface area contributed by atoms with Crippen molar-refractivity contribution in [1.82, 2.24) is 14.8 Å². The minimum absolute atomic E-state index is 0.364. The molecule has 6 heteroatoms. The van der Waals surface area contributed by atoms with Gasteiger partial charge in [0.25, 0.3) is 0 Å². The molecule has 1 aromatic heterocycles. The number of aromatic amines is 1. The fraction of sp³-hybridized carbons (Fsp3) is 0.273. The van der Waals surface area contributed by atoms with Crippen LogP contribution in [0.15, 0.2) is 18.2 Å². The molecule has 0 aliphatic carbocycles. The van der Waals surface area contributed by atoms with Gasteiger partial charge in [-0.15, -0.1) is 5.10 Å². The number of nitrogens with zero attached hydrogens (tertiary/aromatic N) is 3. The minimum Gasteiger partial charge on any atom is -0.377 e. The number of hydrogen-bond donors (Lipinski definition) is 2. The molecule has 0 unspecified atom stereocenters. The van der Waals surface area contributed by atoms with Crippen molar-refractivity contribution < 1.29 is 0 Å². The predicted octanol–water partition coefficient (Wildman–Crippen LogP) is 1.89. The maximum atomic E-state index is 5.78. The summed E-state index contributed by atoms with van der Waals surface area (Å²) in [6, 6.07) is 6.06. The van der Waals surface area contributed by atoms with Gasteiger partial charge in [0.05, 0.1) is 5.69 Å². The molecule has 2 aromatic rings. The van der Waals surface area contributed by atoms with Gasteiger partial charge in [-0.1, -0.05) is 6.07 Å². The number of anilines is 2. The normalized spacial score (nSPS) is 10.5. The lowest BCUT2D eigenvalue weighted by Crippen LogP contribution is -2.11. The molecule has 0 aliphatic heterocycles. The van der Waals surface area contributed by atoms with E-state index in [1.807, 2.05) is 32.3 Å². The summed E-state index contributed by atoms with van der Waals surface area (Å²) >= 11 is 5.15. The van der Waals surface area contributed by atoms with Crippen molar-refractivity contribution in [3.05, 3.63) is 28.5 Å². The van der Waals surface area contributed by atoms with Crippen LogP contribution in [0.25, 0.3) is 5.69 Å². The monoisotopic (exact) mass is 249 g/mol. The number of H-pyrrole nitrogens is 1. The molecule has 0 aliphatic rings. The third kappa shape index (κ3) is 2.03. The number of nitrogens with one attached hydrogen (secondary N) is 1. The highest BCUT2D eigenvalue weighted by Gasteiger charge is 2.08. The Balaban J connectivity index is 2.62. The first-order chi connectivity index (χ1) is 8.00. The molecule has 0 saturated carbocycles. The van der Waals surface area contributed by atoms with Crippen LogP contribution in [0, 0.1) is 11.7 Å². The van der Waals surface area contributed by atoms with Crippen LogP contribution in [-0.2, 0) is 0 Å². The zero-order valence-electron chi connectivity index (χ0n) is 10.1. The fourth-order valence-corrected chi connectivity index (χ4v) is 2.02. The molecular weight excluding hydrogens is 234 g/mol. The van der Waals surface area contributed by atoms with Gasteiger partial charge >= 0.3 is 0 Å². The Morgan fingerprint density at radius 1 is 1.41 bits per heavy atom. The average Bonchev–Trinajstić information content (AvgIpc) is 2.59. The second kappa shape index (κ2) is 4.21. The topological polar surface area (TPSA) is 62.9 Å². The van der Waals surface area contributed by atoms with Crippen LogP contribution >= 0.6 is 12.2 Å². The maximum Gasteiger partial charge on any atom is 0.225 e. The third-order valence-electron chi connectivity index (χ3n) is 2.63. The van der Waals surface area contributed by atoms with Crippen LogP contribution in [0.4, 0.5) is 11.6 Å². The Kier molecular flexibility index (Phi) is 2.89. The largest absolute Gasteiger partial charge is 0.377 e. The summed E-state index contributed by atoms with van der Waals surface area (Å²) in [5, 5.41) is 6.58. The zero-order chi connectivity index (χ0) is 12.6. The van der Waals surface area contributed by atoms with Crippen molar-refractivity contribution >= 4 is 23.9 Å². The SMILES string of the molecule is Cc1ccc(-n2c(N)n[nH]c2=S)cc1N(C)C. The van der Waals surface area contributed by atoms with Crippen LogP contribution < -0.4 is 10.6 Å². The Morgan fingerprint density at radius 3 is 2.65 bits per heavy atom. The number of rotatable bonds is 2. The molecule has 17 heavy (non-hydrogen) atoms. The van der Waals surface area contributed by atoms with Gasteiger partial charge in [0.1, 0.15) is 0 Å². The van der Waals surface area contributed by atoms with E-state index in [9.17, 15) is 0 Å². The van der Waals surface area contributed by atoms with Crippen LogP contribution in [0.1, 0.15) is 5.56 Å². The van der Waals surface area contributed by atoms with Crippen molar-refractivity contribution in [2.45, 2.75) is 6.92 Å². The van der Waals surface area contributed by atoms with Gasteiger partial charge in [-0.3, -0.25) is 4.57 Å².